The van der Waals surface area contributed by atoms with Crippen LogP contribution in [0.15, 0.2) is 42.9 Å². The van der Waals surface area contributed by atoms with E-state index in [0.717, 1.165) is 5.56 Å². The van der Waals surface area contributed by atoms with E-state index in [1.807, 2.05) is 0 Å². The third-order valence-electron chi connectivity index (χ3n) is 3.04. The summed E-state index contributed by atoms with van der Waals surface area (Å²) in [5.41, 5.74) is 1.41. The lowest BCUT2D eigenvalue weighted by molar-refractivity contribution is 0.0690. The smallest absolute Gasteiger partial charge is 0.356 e. The van der Waals surface area contributed by atoms with Gasteiger partial charge in [0.05, 0.1) is 12.3 Å². The Morgan fingerprint density at radius 1 is 1.26 bits per heavy atom. The minimum atomic E-state index is -1.09. The van der Waals surface area contributed by atoms with Crippen molar-refractivity contribution in [1.82, 2.24) is 24.7 Å². The summed E-state index contributed by atoms with van der Waals surface area (Å²) in [4.78, 5) is 23.8. The minimum Gasteiger partial charge on any atom is -0.476 e. The highest BCUT2D eigenvalue weighted by atomic mass is 16.5. The maximum atomic E-state index is 11.0. The zero-order valence-electron chi connectivity index (χ0n) is 12.2. The molecule has 0 spiro atoms. The van der Waals surface area contributed by atoms with Gasteiger partial charge in [0.1, 0.15) is 0 Å². The minimum absolute atomic E-state index is 0.0534. The number of methoxy groups -OCH3 is 1. The molecule has 8 heteroatoms. The van der Waals surface area contributed by atoms with Crippen LogP contribution in [0.1, 0.15) is 16.2 Å². The van der Waals surface area contributed by atoms with E-state index >= 15 is 0 Å². The Balaban J connectivity index is 2.08. The maximum Gasteiger partial charge on any atom is 0.356 e. The van der Waals surface area contributed by atoms with E-state index in [2.05, 4.69) is 20.1 Å². The molecule has 116 valence electrons. The lowest BCUT2D eigenvalue weighted by Crippen LogP contribution is -2.06. The summed E-state index contributed by atoms with van der Waals surface area (Å²) in [6.07, 6.45) is 4.84. The number of carboxylic acid groups (broad SMARTS) is 1. The summed E-state index contributed by atoms with van der Waals surface area (Å²) in [6, 6.07) is 6.70. The average molecular weight is 311 g/mol. The third-order valence-corrected chi connectivity index (χ3v) is 3.04. The van der Waals surface area contributed by atoms with Crippen molar-refractivity contribution in [3.05, 3.63) is 54.2 Å². The van der Waals surface area contributed by atoms with Gasteiger partial charge >= 0.3 is 5.97 Å². The number of nitrogens with zero attached hydrogens (tertiary/aromatic N) is 5. The Hall–Kier alpha value is -3.13. The molecule has 0 radical (unpaired) electrons. The first-order valence-corrected chi connectivity index (χ1v) is 6.74. The van der Waals surface area contributed by atoms with Crippen molar-refractivity contribution in [1.29, 1.82) is 0 Å². The zero-order chi connectivity index (χ0) is 16.2. The Kier molecular flexibility index (Phi) is 4.07. The van der Waals surface area contributed by atoms with Gasteiger partial charge in [0.15, 0.2) is 17.3 Å². The van der Waals surface area contributed by atoms with E-state index in [0.29, 0.717) is 23.9 Å². The fraction of sp³-hybridized carbons (Fsp3) is 0.133. The molecule has 23 heavy (non-hydrogen) atoms. The highest BCUT2D eigenvalue weighted by Crippen LogP contribution is 2.17. The van der Waals surface area contributed by atoms with Gasteiger partial charge in [-0.25, -0.2) is 19.4 Å². The molecule has 0 aromatic carbocycles. The number of hydrogen-bond donors (Lipinski definition) is 1. The van der Waals surface area contributed by atoms with Gasteiger partial charge in [0.2, 0.25) is 0 Å². The number of carbonyl (C=O) groups is 1. The van der Waals surface area contributed by atoms with E-state index in [9.17, 15) is 4.79 Å². The second kappa shape index (κ2) is 6.32. The first kappa shape index (κ1) is 14.8. The quantitative estimate of drug-likeness (QED) is 0.762. The molecule has 0 aliphatic heterocycles. The standard InChI is InChI=1S/C15H13N5O3/c1-23-9-11-8-13(20-7-4-12(19-20)15(21)22)18-14(17-11)10-2-5-16-6-3-10/h2-8H,9H2,1H3,(H,21,22). The second-order valence-electron chi connectivity index (χ2n) is 4.66. The van der Waals surface area contributed by atoms with E-state index in [-0.39, 0.29) is 5.69 Å². The van der Waals surface area contributed by atoms with Crippen molar-refractivity contribution in [2.75, 3.05) is 7.11 Å². The number of hydrogen-bond acceptors (Lipinski definition) is 6. The molecule has 0 aliphatic carbocycles. The van der Waals surface area contributed by atoms with Crippen LogP contribution in [0.2, 0.25) is 0 Å². The molecule has 8 nitrogen and oxygen atoms in total. The normalized spacial score (nSPS) is 10.7. The maximum absolute atomic E-state index is 11.0. The summed E-state index contributed by atoms with van der Waals surface area (Å²) < 4.78 is 6.52. The number of carboxylic acids is 1. The van der Waals surface area contributed by atoms with E-state index in [1.54, 1.807) is 43.9 Å². The van der Waals surface area contributed by atoms with Gasteiger partial charge in [0.25, 0.3) is 0 Å². The predicted octanol–water partition coefficient (Wildman–Crippen LogP) is 1.57. The molecule has 0 amide bonds. The van der Waals surface area contributed by atoms with Gasteiger partial charge < -0.3 is 9.84 Å². The summed E-state index contributed by atoms with van der Waals surface area (Å²) in [5.74, 6) is -0.139. The number of aromatic nitrogens is 5. The molecule has 3 heterocycles. The molecule has 3 aromatic heterocycles. The number of rotatable bonds is 5. The summed E-state index contributed by atoms with van der Waals surface area (Å²) >= 11 is 0. The molecule has 1 N–H and O–H groups in total. The first-order chi connectivity index (χ1) is 11.2. The number of pyridine rings is 1. The molecule has 3 aromatic rings. The Bertz CT molecular complexity index is 832. The zero-order valence-corrected chi connectivity index (χ0v) is 12.2. The molecule has 0 unspecified atom stereocenters. The van der Waals surface area contributed by atoms with Gasteiger partial charge in [-0.1, -0.05) is 0 Å². The lowest BCUT2D eigenvalue weighted by atomic mass is 10.2. The van der Waals surface area contributed by atoms with Crippen molar-refractivity contribution < 1.29 is 14.6 Å². The van der Waals surface area contributed by atoms with Gasteiger partial charge in [-0.15, -0.1) is 0 Å². The Morgan fingerprint density at radius 2 is 2.04 bits per heavy atom. The van der Waals surface area contributed by atoms with Crippen LogP contribution in [0.4, 0.5) is 0 Å². The van der Waals surface area contributed by atoms with Gasteiger partial charge in [0, 0.05) is 37.3 Å². The van der Waals surface area contributed by atoms with Crippen LogP contribution in [0, 0.1) is 0 Å². The SMILES string of the molecule is COCc1cc(-n2ccc(C(=O)O)n2)nc(-c2ccncc2)n1. The molecular weight excluding hydrogens is 298 g/mol. The van der Waals surface area contributed by atoms with E-state index in [1.165, 1.54) is 10.7 Å². The van der Waals surface area contributed by atoms with Crippen LogP contribution in [0.3, 0.4) is 0 Å². The highest BCUT2D eigenvalue weighted by Gasteiger charge is 2.12. The van der Waals surface area contributed by atoms with Gasteiger partial charge in [-0.2, -0.15) is 5.10 Å². The molecule has 0 fully saturated rings. The monoisotopic (exact) mass is 311 g/mol. The molecule has 0 aliphatic rings. The molecule has 0 saturated heterocycles. The van der Waals surface area contributed by atoms with E-state index < -0.39 is 5.97 Å². The lowest BCUT2D eigenvalue weighted by Gasteiger charge is -2.08. The molecule has 3 rings (SSSR count). The molecule has 0 bridgehead atoms. The molecular formula is C15H13N5O3. The first-order valence-electron chi connectivity index (χ1n) is 6.74. The summed E-state index contributed by atoms with van der Waals surface area (Å²) in [6.45, 7) is 0.306. The van der Waals surface area contributed by atoms with Gasteiger partial charge in [-0.3, -0.25) is 4.98 Å². The van der Waals surface area contributed by atoms with Crippen LogP contribution >= 0.6 is 0 Å². The van der Waals surface area contributed by atoms with Crippen LogP contribution in [0.25, 0.3) is 17.2 Å². The van der Waals surface area contributed by atoms with Crippen LogP contribution in [-0.4, -0.2) is 42.9 Å². The summed E-state index contributed by atoms with van der Waals surface area (Å²) in [7, 11) is 1.57. The third kappa shape index (κ3) is 3.22. The van der Waals surface area contributed by atoms with Crippen molar-refractivity contribution >= 4 is 5.97 Å². The van der Waals surface area contributed by atoms with E-state index in [4.69, 9.17) is 9.84 Å². The van der Waals surface area contributed by atoms with Crippen molar-refractivity contribution in [2.24, 2.45) is 0 Å². The molecule has 0 saturated carbocycles. The largest absolute Gasteiger partial charge is 0.476 e. The van der Waals surface area contributed by atoms with Crippen molar-refractivity contribution in [3.63, 3.8) is 0 Å². The fourth-order valence-electron chi connectivity index (χ4n) is 2.02. The Labute approximate surface area is 131 Å². The predicted molar refractivity (Wildman–Crippen MR) is 80.1 cm³/mol. The second-order valence-corrected chi connectivity index (χ2v) is 4.66. The van der Waals surface area contributed by atoms with Gasteiger partial charge in [-0.05, 0) is 18.2 Å². The Morgan fingerprint density at radius 3 is 2.70 bits per heavy atom. The number of ether oxygens (including phenoxy) is 1. The van der Waals surface area contributed by atoms with Crippen LogP contribution in [0.5, 0.6) is 0 Å². The highest BCUT2D eigenvalue weighted by molar-refractivity contribution is 5.85. The number of aromatic carboxylic acids is 1. The van der Waals surface area contributed by atoms with Crippen LogP contribution in [-0.2, 0) is 11.3 Å². The van der Waals surface area contributed by atoms with Crippen molar-refractivity contribution in [2.45, 2.75) is 6.61 Å². The average Bonchev–Trinajstić information content (AvgIpc) is 3.06. The van der Waals surface area contributed by atoms with Crippen LogP contribution < -0.4 is 0 Å². The van der Waals surface area contributed by atoms with Crippen molar-refractivity contribution in [3.8, 4) is 17.2 Å². The topological polar surface area (TPSA) is 103 Å². The summed E-state index contributed by atoms with van der Waals surface area (Å²) in [5, 5.41) is 13.0. The fourth-order valence-corrected chi connectivity index (χ4v) is 2.02. The molecule has 0 atom stereocenters.